The third kappa shape index (κ3) is 3.85. The van der Waals surface area contributed by atoms with Crippen molar-refractivity contribution < 1.29 is 14.6 Å². The van der Waals surface area contributed by atoms with Gasteiger partial charge in [-0.2, -0.15) is 5.26 Å². The highest BCUT2D eigenvalue weighted by Gasteiger charge is 2.16. The van der Waals surface area contributed by atoms with E-state index in [-0.39, 0.29) is 0 Å². The molecule has 4 nitrogen and oxygen atoms in total. The number of aliphatic hydroxyl groups is 1. The predicted octanol–water partition coefficient (Wildman–Crippen LogP) is 4.23. The second-order valence-corrected chi connectivity index (χ2v) is 5.79. The first-order valence-electron chi connectivity index (χ1n) is 8.24. The normalized spacial score (nSPS) is 11.4. The quantitative estimate of drug-likeness (QED) is 0.726. The molecule has 0 saturated heterocycles. The molecule has 0 radical (unpaired) electrons. The van der Waals surface area contributed by atoms with Crippen molar-refractivity contribution in [3.05, 3.63) is 95.1 Å². The molecule has 1 atom stereocenters. The third-order valence-electron chi connectivity index (χ3n) is 4.12. The zero-order chi connectivity index (χ0) is 18.4. The predicted molar refractivity (Wildman–Crippen MR) is 99.0 cm³/mol. The highest BCUT2D eigenvalue weighted by Crippen LogP contribution is 2.33. The second-order valence-electron chi connectivity index (χ2n) is 5.79. The number of rotatable bonds is 6. The fourth-order valence-electron chi connectivity index (χ4n) is 2.73. The van der Waals surface area contributed by atoms with Gasteiger partial charge >= 0.3 is 0 Å². The third-order valence-corrected chi connectivity index (χ3v) is 4.12. The number of ether oxygens (including phenoxy) is 2. The summed E-state index contributed by atoms with van der Waals surface area (Å²) in [4.78, 5) is 0. The molecule has 3 rings (SSSR count). The molecule has 0 aliphatic rings. The van der Waals surface area contributed by atoms with Gasteiger partial charge < -0.3 is 14.6 Å². The van der Waals surface area contributed by atoms with Gasteiger partial charge in [0.25, 0.3) is 0 Å². The Balaban J connectivity index is 1.83. The number of hydrogen-bond donors (Lipinski definition) is 1. The molecule has 0 aliphatic carbocycles. The van der Waals surface area contributed by atoms with Crippen LogP contribution in [0.4, 0.5) is 0 Å². The summed E-state index contributed by atoms with van der Waals surface area (Å²) in [6, 6.07) is 24.3. The number of methoxy groups -OCH3 is 1. The first kappa shape index (κ1) is 17.5. The minimum atomic E-state index is -0.914. The minimum absolute atomic E-state index is 0.427. The number of nitrogens with zero attached hydrogens (tertiary/aromatic N) is 1. The van der Waals surface area contributed by atoms with E-state index >= 15 is 0 Å². The van der Waals surface area contributed by atoms with Crippen LogP contribution in [0.5, 0.6) is 11.5 Å². The van der Waals surface area contributed by atoms with Crippen LogP contribution in [-0.2, 0) is 6.61 Å². The maximum Gasteiger partial charge on any atom is 0.161 e. The van der Waals surface area contributed by atoms with Crippen LogP contribution in [0.25, 0.3) is 0 Å². The molecule has 1 N–H and O–H groups in total. The van der Waals surface area contributed by atoms with Crippen LogP contribution in [0.2, 0.25) is 0 Å². The summed E-state index contributed by atoms with van der Waals surface area (Å²) in [5.74, 6) is 1.13. The lowest BCUT2D eigenvalue weighted by atomic mass is 9.97. The molecule has 0 aromatic heterocycles. The average molecular weight is 345 g/mol. The lowest BCUT2D eigenvalue weighted by Crippen LogP contribution is -2.04. The van der Waals surface area contributed by atoms with Gasteiger partial charge in [-0.3, -0.25) is 0 Å². The van der Waals surface area contributed by atoms with Gasteiger partial charge in [-0.15, -0.1) is 0 Å². The van der Waals surface area contributed by atoms with Crippen LogP contribution in [-0.4, -0.2) is 12.2 Å². The largest absolute Gasteiger partial charge is 0.493 e. The first-order chi connectivity index (χ1) is 12.7. The molecule has 0 spiro atoms. The average Bonchev–Trinajstić information content (AvgIpc) is 2.72. The summed E-state index contributed by atoms with van der Waals surface area (Å²) in [6.45, 7) is 0.427. The van der Waals surface area contributed by atoms with Gasteiger partial charge in [0.2, 0.25) is 0 Å². The van der Waals surface area contributed by atoms with Crippen LogP contribution in [0.15, 0.2) is 72.8 Å². The summed E-state index contributed by atoms with van der Waals surface area (Å²) in [7, 11) is 1.56. The lowest BCUT2D eigenvalue weighted by Gasteiger charge is -2.16. The maximum atomic E-state index is 10.7. The van der Waals surface area contributed by atoms with Gasteiger partial charge in [0, 0.05) is 5.56 Å². The Hall–Kier alpha value is -3.29. The molecule has 4 heteroatoms. The standard InChI is InChI=1S/C22H19NO3/c1-25-21-13-17(22(24)19-10-6-5-9-18(19)14-23)11-12-20(21)26-15-16-7-3-2-4-8-16/h2-13,22,24H,15H2,1H3. The van der Waals surface area contributed by atoms with E-state index < -0.39 is 6.10 Å². The zero-order valence-corrected chi connectivity index (χ0v) is 14.4. The van der Waals surface area contributed by atoms with Gasteiger partial charge in [0.1, 0.15) is 12.7 Å². The summed E-state index contributed by atoms with van der Waals surface area (Å²) >= 11 is 0. The molecule has 0 fully saturated rings. The van der Waals surface area contributed by atoms with Gasteiger partial charge in [0.05, 0.1) is 18.7 Å². The Kier molecular flexibility index (Phi) is 5.52. The van der Waals surface area contributed by atoms with E-state index in [2.05, 4.69) is 6.07 Å². The second kappa shape index (κ2) is 8.19. The van der Waals surface area contributed by atoms with Crippen molar-refractivity contribution >= 4 is 0 Å². The van der Waals surface area contributed by atoms with Crippen LogP contribution < -0.4 is 9.47 Å². The number of aliphatic hydroxyl groups excluding tert-OH is 1. The van der Waals surface area contributed by atoms with Crippen molar-refractivity contribution in [2.45, 2.75) is 12.7 Å². The Morgan fingerprint density at radius 1 is 0.962 bits per heavy atom. The lowest BCUT2D eigenvalue weighted by molar-refractivity contribution is 0.218. The van der Waals surface area contributed by atoms with Gasteiger partial charge in [-0.05, 0) is 29.3 Å². The van der Waals surface area contributed by atoms with Crippen LogP contribution >= 0.6 is 0 Å². The summed E-state index contributed by atoms with van der Waals surface area (Å²) in [5, 5.41) is 19.9. The zero-order valence-electron chi connectivity index (χ0n) is 14.4. The van der Waals surface area contributed by atoms with E-state index in [0.717, 1.165) is 5.56 Å². The molecular weight excluding hydrogens is 326 g/mol. The summed E-state index contributed by atoms with van der Waals surface area (Å²) in [6.07, 6.45) is -0.914. The molecule has 0 saturated carbocycles. The van der Waals surface area contributed by atoms with Crippen LogP contribution in [0.1, 0.15) is 28.4 Å². The van der Waals surface area contributed by atoms with Gasteiger partial charge in [-0.25, -0.2) is 0 Å². The van der Waals surface area contributed by atoms with Gasteiger partial charge in [-0.1, -0.05) is 54.6 Å². The van der Waals surface area contributed by atoms with Crippen molar-refractivity contribution in [3.8, 4) is 17.6 Å². The fraction of sp³-hybridized carbons (Fsp3) is 0.136. The van der Waals surface area contributed by atoms with E-state index in [9.17, 15) is 10.4 Å². The van der Waals surface area contributed by atoms with Crippen molar-refractivity contribution in [1.82, 2.24) is 0 Å². The molecule has 0 amide bonds. The van der Waals surface area contributed by atoms with E-state index in [1.165, 1.54) is 0 Å². The molecule has 130 valence electrons. The Morgan fingerprint density at radius 2 is 1.69 bits per heavy atom. The highest BCUT2D eigenvalue weighted by atomic mass is 16.5. The number of nitriles is 1. The van der Waals surface area contributed by atoms with Gasteiger partial charge in [0.15, 0.2) is 11.5 Å². The highest BCUT2D eigenvalue weighted by molar-refractivity contribution is 5.48. The van der Waals surface area contributed by atoms with E-state index in [1.54, 1.807) is 49.6 Å². The minimum Gasteiger partial charge on any atom is -0.493 e. The SMILES string of the molecule is COc1cc(C(O)c2ccccc2C#N)ccc1OCc1ccccc1. The molecule has 3 aromatic rings. The number of benzene rings is 3. The van der Waals surface area contributed by atoms with E-state index in [1.807, 2.05) is 30.3 Å². The Morgan fingerprint density at radius 3 is 2.42 bits per heavy atom. The van der Waals surface area contributed by atoms with Crippen LogP contribution in [0.3, 0.4) is 0 Å². The molecule has 0 bridgehead atoms. The van der Waals surface area contributed by atoms with Crippen molar-refractivity contribution in [2.24, 2.45) is 0 Å². The monoisotopic (exact) mass is 345 g/mol. The summed E-state index contributed by atoms with van der Waals surface area (Å²) in [5.41, 5.74) is 2.71. The molecule has 0 heterocycles. The molecule has 3 aromatic carbocycles. The molecule has 1 unspecified atom stereocenters. The number of hydrogen-bond acceptors (Lipinski definition) is 4. The topological polar surface area (TPSA) is 62.5 Å². The first-order valence-corrected chi connectivity index (χ1v) is 8.24. The van der Waals surface area contributed by atoms with E-state index in [4.69, 9.17) is 9.47 Å². The fourth-order valence-corrected chi connectivity index (χ4v) is 2.73. The molecule has 0 aliphatic heterocycles. The van der Waals surface area contributed by atoms with Crippen molar-refractivity contribution in [2.75, 3.05) is 7.11 Å². The Labute approximate surface area is 152 Å². The summed E-state index contributed by atoms with van der Waals surface area (Å²) < 4.78 is 11.3. The molecular formula is C22H19NO3. The Bertz CT molecular complexity index is 916. The van der Waals surface area contributed by atoms with E-state index in [0.29, 0.717) is 34.8 Å². The molecule has 26 heavy (non-hydrogen) atoms. The maximum absolute atomic E-state index is 10.7. The smallest absolute Gasteiger partial charge is 0.161 e. The van der Waals surface area contributed by atoms with Crippen molar-refractivity contribution in [3.63, 3.8) is 0 Å². The van der Waals surface area contributed by atoms with Crippen LogP contribution in [0, 0.1) is 11.3 Å². The van der Waals surface area contributed by atoms with Crippen molar-refractivity contribution in [1.29, 1.82) is 5.26 Å².